The fourth-order valence-electron chi connectivity index (χ4n) is 2.26. The quantitative estimate of drug-likeness (QED) is 0.681. The number of aryl methyl sites for hydroxylation is 2. The average molecular weight is 280 g/mol. The van der Waals surface area contributed by atoms with Crippen LogP contribution in [0, 0.1) is 6.92 Å². The molecular weight excluding hydrogens is 252 g/mol. The van der Waals surface area contributed by atoms with E-state index in [9.17, 15) is 4.79 Å². The topological polar surface area (TPSA) is 72.9 Å². The van der Waals surface area contributed by atoms with Crippen molar-refractivity contribution in [2.24, 2.45) is 7.05 Å². The Kier molecular flexibility index (Phi) is 7.12. The van der Waals surface area contributed by atoms with Crippen molar-refractivity contribution in [1.82, 2.24) is 9.78 Å². The van der Waals surface area contributed by atoms with Gasteiger partial charge in [-0.15, -0.1) is 0 Å². The maximum Gasteiger partial charge on any atom is 0.225 e. The molecule has 5 heteroatoms. The minimum Gasteiger partial charge on any atom is -0.394 e. The molecule has 5 nitrogen and oxygen atoms in total. The summed E-state index contributed by atoms with van der Waals surface area (Å²) in [7, 11) is 1.78. The Morgan fingerprint density at radius 2 is 1.80 bits per heavy atom. The molecule has 3 N–H and O–H groups in total. The molecule has 1 aromatic heterocycles. The molecule has 0 atom stereocenters. The van der Waals surface area contributed by atoms with E-state index in [-0.39, 0.29) is 5.91 Å². The fourth-order valence-corrected chi connectivity index (χ4v) is 2.26. The van der Waals surface area contributed by atoms with Crippen LogP contribution in [0.3, 0.4) is 0 Å². The van der Waals surface area contributed by atoms with Gasteiger partial charge in [-0.3, -0.25) is 9.48 Å². The van der Waals surface area contributed by atoms with Crippen LogP contribution in [-0.2, 0) is 11.8 Å². The summed E-state index contributed by atoms with van der Waals surface area (Å²) in [4.78, 5) is 11.9. The third-order valence-corrected chi connectivity index (χ3v) is 3.53. The van der Waals surface area contributed by atoms with E-state index in [4.69, 9.17) is 5.73 Å². The molecule has 0 bridgehead atoms. The zero-order valence-electron chi connectivity index (χ0n) is 13.0. The van der Waals surface area contributed by atoms with Crippen molar-refractivity contribution in [2.75, 3.05) is 11.1 Å². The van der Waals surface area contributed by atoms with E-state index in [0.29, 0.717) is 17.9 Å². The van der Waals surface area contributed by atoms with Gasteiger partial charge in [-0.25, -0.2) is 0 Å². The lowest BCUT2D eigenvalue weighted by Gasteiger charge is -2.06. The molecule has 0 saturated carbocycles. The van der Waals surface area contributed by atoms with Crippen molar-refractivity contribution in [1.29, 1.82) is 0 Å². The van der Waals surface area contributed by atoms with Crippen molar-refractivity contribution < 1.29 is 4.79 Å². The molecule has 114 valence electrons. The number of hydrogen-bond donors (Lipinski definition) is 2. The van der Waals surface area contributed by atoms with Crippen LogP contribution in [0.2, 0.25) is 0 Å². The summed E-state index contributed by atoms with van der Waals surface area (Å²) in [6.07, 6.45) is 9.02. The van der Waals surface area contributed by atoms with Gasteiger partial charge < -0.3 is 11.1 Å². The first-order valence-electron chi connectivity index (χ1n) is 7.65. The lowest BCUT2D eigenvalue weighted by molar-refractivity contribution is -0.116. The molecule has 0 fully saturated rings. The Hall–Kier alpha value is -1.52. The maximum atomic E-state index is 11.9. The van der Waals surface area contributed by atoms with Gasteiger partial charge in [-0.1, -0.05) is 45.4 Å². The largest absolute Gasteiger partial charge is 0.394 e. The first kappa shape index (κ1) is 16.5. The third kappa shape index (κ3) is 5.23. The zero-order valence-corrected chi connectivity index (χ0v) is 13.0. The van der Waals surface area contributed by atoms with Gasteiger partial charge in [0.2, 0.25) is 5.91 Å². The van der Waals surface area contributed by atoms with E-state index in [1.54, 1.807) is 11.7 Å². The van der Waals surface area contributed by atoms with E-state index in [1.165, 1.54) is 32.1 Å². The molecule has 0 radical (unpaired) electrons. The highest BCUT2D eigenvalue weighted by molar-refractivity contribution is 5.92. The van der Waals surface area contributed by atoms with E-state index >= 15 is 0 Å². The summed E-state index contributed by atoms with van der Waals surface area (Å²) in [6, 6.07) is 0. The summed E-state index contributed by atoms with van der Waals surface area (Å²) < 4.78 is 1.62. The highest BCUT2D eigenvalue weighted by Crippen LogP contribution is 2.21. The van der Waals surface area contributed by atoms with Gasteiger partial charge in [0, 0.05) is 13.5 Å². The van der Waals surface area contributed by atoms with Gasteiger partial charge in [0.1, 0.15) is 0 Å². The van der Waals surface area contributed by atoms with E-state index in [1.807, 2.05) is 6.92 Å². The normalized spacial score (nSPS) is 10.8. The first-order chi connectivity index (χ1) is 9.56. The number of nitrogen functional groups attached to an aromatic ring is 1. The highest BCUT2D eigenvalue weighted by Gasteiger charge is 2.12. The molecule has 1 heterocycles. The van der Waals surface area contributed by atoms with Gasteiger partial charge in [-0.2, -0.15) is 5.10 Å². The van der Waals surface area contributed by atoms with Crippen LogP contribution in [0.1, 0.15) is 64.0 Å². The lowest BCUT2D eigenvalue weighted by Crippen LogP contribution is -2.15. The summed E-state index contributed by atoms with van der Waals surface area (Å²) in [5, 5.41) is 7.03. The van der Waals surface area contributed by atoms with Crippen LogP contribution in [-0.4, -0.2) is 15.7 Å². The van der Waals surface area contributed by atoms with Gasteiger partial charge in [0.25, 0.3) is 0 Å². The molecule has 0 aliphatic rings. The second kappa shape index (κ2) is 8.61. The summed E-state index contributed by atoms with van der Waals surface area (Å²) in [6.45, 7) is 4.05. The number of carbonyl (C=O) groups is 1. The Morgan fingerprint density at radius 1 is 1.20 bits per heavy atom. The minimum absolute atomic E-state index is 0.0215. The second-order valence-corrected chi connectivity index (χ2v) is 5.39. The molecule has 1 aromatic rings. The Morgan fingerprint density at radius 3 is 2.35 bits per heavy atom. The molecule has 0 aromatic carbocycles. The molecule has 0 spiro atoms. The number of carbonyl (C=O) groups excluding carboxylic acids is 1. The predicted octanol–water partition coefficient (Wildman–Crippen LogP) is 3.39. The van der Waals surface area contributed by atoms with Gasteiger partial charge in [0.15, 0.2) is 5.82 Å². The number of nitrogens with two attached hydrogens (primary N) is 1. The number of unbranched alkanes of at least 4 members (excludes halogenated alkanes) is 6. The number of nitrogens with one attached hydrogen (secondary N) is 1. The van der Waals surface area contributed by atoms with Gasteiger partial charge in [-0.05, 0) is 13.3 Å². The molecule has 0 unspecified atom stereocenters. The zero-order chi connectivity index (χ0) is 15.0. The van der Waals surface area contributed by atoms with Gasteiger partial charge in [0.05, 0.1) is 11.4 Å². The molecule has 1 rings (SSSR count). The highest BCUT2D eigenvalue weighted by atomic mass is 16.1. The van der Waals surface area contributed by atoms with Crippen LogP contribution < -0.4 is 11.1 Å². The predicted molar refractivity (Wildman–Crippen MR) is 83.6 cm³/mol. The summed E-state index contributed by atoms with van der Waals surface area (Å²) >= 11 is 0. The summed E-state index contributed by atoms with van der Waals surface area (Å²) in [5.41, 5.74) is 7.18. The number of anilines is 2. The average Bonchev–Trinajstić information content (AvgIpc) is 2.64. The molecule has 0 saturated heterocycles. The molecule has 0 aliphatic heterocycles. The second-order valence-electron chi connectivity index (χ2n) is 5.39. The number of hydrogen-bond acceptors (Lipinski definition) is 3. The van der Waals surface area contributed by atoms with Crippen LogP contribution in [0.4, 0.5) is 11.5 Å². The maximum absolute atomic E-state index is 11.9. The van der Waals surface area contributed by atoms with Crippen molar-refractivity contribution in [2.45, 2.75) is 65.2 Å². The minimum atomic E-state index is 0.0215. The summed E-state index contributed by atoms with van der Waals surface area (Å²) in [5.74, 6) is 0.628. The molecule has 0 aliphatic carbocycles. The number of nitrogens with zero attached hydrogens (tertiary/aromatic N) is 2. The van der Waals surface area contributed by atoms with Crippen LogP contribution in [0.15, 0.2) is 0 Å². The Labute approximate surface area is 121 Å². The van der Waals surface area contributed by atoms with E-state index in [2.05, 4.69) is 17.3 Å². The van der Waals surface area contributed by atoms with E-state index < -0.39 is 0 Å². The Balaban J connectivity index is 2.20. The van der Waals surface area contributed by atoms with Crippen LogP contribution in [0.25, 0.3) is 0 Å². The van der Waals surface area contributed by atoms with Gasteiger partial charge >= 0.3 is 0 Å². The van der Waals surface area contributed by atoms with Crippen molar-refractivity contribution in [3.8, 4) is 0 Å². The molecule has 20 heavy (non-hydrogen) atoms. The van der Waals surface area contributed by atoms with E-state index in [0.717, 1.165) is 18.5 Å². The number of rotatable bonds is 9. The molecule has 1 amide bonds. The van der Waals surface area contributed by atoms with Crippen LogP contribution in [0.5, 0.6) is 0 Å². The van der Waals surface area contributed by atoms with Crippen LogP contribution >= 0.6 is 0 Å². The smallest absolute Gasteiger partial charge is 0.225 e. The molecular formula is C15H28N4O. The fraction of sp³-hybridized carbons (Fsp3) is 0.733. The lowest BCUT2D eigenvalue weighted by atomic mass is 10.1. The van der Waals surface area contributed by atoms with Crippen molar-refractivity contribution in [3.63, 3.8) is 0 Å². The monoisotopic (exact) mass is 280 g/mol. The Bertz CT molecular complexity index is 426. The first-order valence-corrected chi connectivity index (χ1v) is 7.65. The number of aromatic nitrogens is 2. The van der Waals surface area contributed by atoms with Crippen molar-refractivity contribution >= 4 is 17.4 Å². The SMILES string of the molecule is CCCCCCCCCC(=O)Nc1c(N)c(C)nn1C. The standard InChI is InChI=1S/C15H28N4O/c1-4-5-6-7-8-9-10-11-13(20)17-15-14(16)12(2)18-19(15)3/h4-11,16H2,1-3H3,(H,17,20). The third-order valence-electron chi connectivity index (χ3n) is 3.53. The number of amides is 1. The van der Waals surface area contributed by atoms with Crippen molar-refractivity contribution in [3.05, 3.63) is 5.69 Å².